The van der Waals surface area contributed by atoms with Crippen LogP contribution in [0.4, 0.5) is 0 Å². The number of rotatable bonds is 8. The van der Waals surface area contributed by atoms with Crippen LogP contribution in [0.2, 0.25) is 6.32 Å². The van der Waals surface area contributed by atoms with Crippen molar-refractivity contribution >= 4 is 13.0 Å². The molecule has 0 heterocycles. The van der Waals surface area contributed by atoms with Crippen molar-refractivity contribution in [3.8, 4) is 0 Å². The van der Waals surface area contributed by atoms with Crippen molar-refractivity contribution in [2.75, 3.05) is 0 Å². The van der Waals surface area contributed by atoms with Crippen LogP contribution >= 0.6 is 0 Å². The standard InChI is InChI=1S/C11H22BO/c1-4-6-7-8-11(13)12-9-10(3)5-2/h10H,4-9H2,1-3H3. The molecule has 0 aliphatic rings. The summed E-state index contributed by atoms with van der Waals surface area (Å²) >= 11 is 0. The zero-order valence-corrected chi connectivity index (χ0v) is 9.31. The fourth-order valence-electron chi connectivity index (χ4n) is 1.15. The van der Waals surface area contributed by atoms with Gasteiger partial charge in [-0.3, -0.25) is 0 Å². The molecule has 0 saturated heterocycles. The summed E-state index contributed by atoms with van der Waals surface area (Å²) in [5.74, 6) is 0.662. The van der Waals surface area contributed by atoms with Crippen molar-refractivity contribution in [1.29, 1.82) is 0 Å². The predicted octanol–water partition coefficient (Wildman–Crippen LogP) is 3.26. The van der Waals surface area contributed by atoms with E-state index < -0.39 is 0 Å². The first kappa shape index (κ1) is 12.7. The lowest BCUT2D eigenvalue weighted by Crippen LogP contribution is -2.11. The van der Waals surface area contributed by atoms with Gasteiger partial charge in [0.2, 0.25) is 7.28 Å². The first-order valence-electron chi connectivity index (χ1n) is 5.56. The minimum Gasteiger partial charge on any atom is -0.312 e. The zero-order chi connectivity index (χ0) is 10.1. The van der Waals surface area contributed by atoms with Gasteiger partial charge in [0.25, 0.3) is 0 Å². The molecule has 0 bridgehead atoms. The molecule has 0 N–H and O–H groups in total. The van der Waals surface area contributed by atoms with Crippen molar-refractivity contribution in [2.24, 2.45) is 5.92 Å². The van der Waals surface area contributed by atoms with Gasteiger partial charge in [0.15, 0.2) is 0 Å². The van der Waals surface area contributed by atoms with Gasteiger partial charge >= 0.3 is 0 Å². The summed E-state index contributed by atoms with van der Waals surface area (Å²) in [4.78, 5) is 11.3. The van der Waals surface area contributed by atoms with E-state index in [0.717, 1.165) is 19.2 Å². The lowest BCUT2D eigenvalue weighted by atomic mass is 9.64. The number of carbonyl (C=O) groups is 1. The number of carbonyl (C=O) groups excluding carboxylic acids is 1. The first-order chi connectivity index (χ1) is 6.20. The third-order valence-electron chi connectivity index (χ3n) is 2.47. The molecule has 0 aliphatic heterocycles. The zero-order valence-electron chi connectivity index (χ0n) is 9.31. The molecule has 0 spiro atoms. The summed E-state index contributed by atoms with van der Waals surface area (Å²) in [6, 6.07) is 0. The van der Waals surface area contributed by atoms with Gasteiger partial charge in [0.05, 0.1) is 5.68 Å². The average molecular weight is 181 g/mol. The summed E-state index contributed by atoms with van der Waals surface area (Å²) in [6.07, 6.45) is 6.32. The van der Waals surface area contributed by atoms with E-state index in [2.05, 4.69) is 20.8 Å². The predicted molar refractivity (Wildman–Crippen MR) is 59.2 cm³/mol. The Morgan fingerprint density at radius 1 is 1.31 bits per heavy atom. The van der Waals surface area contributed by atoms with Gasteiger partial charge in [-0.15, -0.1) is 0 Å². The fraction of sp³-hybridized carbons (Fsp3) is 0.909. The highest BCUT2D eigenvalue weighted by Gasteiger charge is 2.06. The molecule has 0 aromatic carbocycles. The minimum atomic E-state index is 0.341. The summed E-state index contributed by atoms with van der Waals surface area (Å²) < 4.78 is 0. The Bertz CT molecular complexity index is 134. The van der Waals surface area contributed by atoms with E-state index in [0.29, 0.717) is 11.6 Å². The number of hydrogen-bond donors (Lipinski definition) is 0. The Balaban J connectivity index is 3.30. The van der Waals surface area contributed by atoms with Crippen LogP contribution in [-0.2, 0) is 4.79 Å². The Labute approximate surface area is 83.5 Å². The number of hydrogen-bond acceptors (Lipinski definition) is 1. The van der Waals surface area contributed by atoms with Gasteiger partial charge in [0, 0.05) is 0 Å². The summed E-state index contributed by atoms with van der Waals surface area (Å²) in [5.41, 5.74) is 0.341. The monoisotopic (exact) mass is 181 g/mol. The molecule has 13 heavy (non-hydrogen) atoms. The quantitative estimate of drug-likeness (QED) is 0.415. The second-order valence-electron chi connectivity index (χ2n) is 3.88. The van der Waals surface area contributed by atoms with E-state index in [1.807, 2.05) is 7.28 Å². The highest BCUT2D eigenvalue weighted by Crippen LogP contribution is 2.07. The maximum atomic E-state index is 11.3. The van der Waals surface area contributed by atoms with E-state index in [1.54, 1.807) is 0 Å². The van der Waals surface area contributed by atoms with Crippen LogP contribution in [0.5, 0.6) is 0 Å². The average Bonchev–Trinajstić information content (AvgIpc) is 2.14. The maximum Gasteiger partial charge on any atom is 0.202 e. The largest absolute Gasteiger partial charge is 0.312 e. The highest BCUT2D eigenvalue weighted by atomic mass is 16.1. The number of unbranched alkanes of at least 4 members (excludes halogenated alkanes) is 2. The van der Waals surface area contributed by atoms with Crippen LogP contribution in [0, 0.1) is 5.92 Å². The van der Waals surface area contributed by atoms with E-state index in [9.17, 15) is 4.79 Å². The molecule has 0 aromatic rings. The van der Waals surface area contributed by atoms with Crippen molar-refractivity contribution < 1.29 is 4.79 Å². The van der Waals surface area contributed by atoms with Crippen LogP contribution in [0.3, 0.4) is 0 Å². The van der Waals surface area contributed by atoms with Crippen LogP contribution in [0.15, 0.2) is 0 Å². The van der Waals surface area contributed by atoms with Crippen molar-refractivity contribution in [2.45, 2.75) is 59.2 Å². The summed E-state index contributed by atoms with van der Waals surface area (Å²) in [5, 5.41) is 0. The molecule has 0 amide bonds. The minimum absolute atomic E-state index is 0.341. The Kier molecular flexibility index (Phi) is 8.17. The Hall–Kier alpha value is -0.265. The van der Waals surface area contributed by atoms with Crippen molar-refractivity contribution in [3.63, 3.8) is 0 Å². The van der Waals surface area contributed by atoms with Gasteiger partial charge in [-0.1, -0.05) is 52.3 Å². The van der Waals surface area contributed by atoms with Crippen molar-refractivity contribution in [1.82, 2.24) is 0 Å². The third kappa shape index (κ3) is 8.08. The molecule has 1 nitrogen and oxygen atoms in total. The Morgan fingerprint density at radius 2 is 2.00 bits per heavy atom. The van der Waals surface area contributed by atoms with E-state index in [4.69, 9.17) is 0 Å². The molecular formula is C11H22BO. The van der Waals surface area contributed by atoms with Gasteiger partial charge in [-0.25, -0.2) is 0 Å². The molecule has 75 valence electrons. The van der Waals surface area contributed by atoms with Crippen LogP contribution in [0.1, 0.15) is 52.9 Å². The second kappa shape index (κ2) is 8.34. The van der Waals surface area contributed by atoms with Crippen LogP contribution in [0.25, 0.3) is 0 Å². The smallest absolute Gasteiger partial charge is 0.202 e. The Morgan fingerprint density at radius 3 is 2.54 bits per heavy atom. The molecule has 0 aliphatic carbocycles. The molecule has 0 fully saturated rings. The molecule has 1 radical (unpaired) electrons. The summed E-state index contributed by atoms with van der Waals surface area (Å²) in [7, 11) is 1.88. The van der Waals surface area contributed by atoms with E-state index in [-0.39, 0.29) is 0 Å². The third-order valence-corrected chi connectivity index (χ3v) is 2.47. The van der Waals surface area contributed by atoms with Gasteiger partial charge in [-0.05, 0) is 12.8 Å². The summed E-state index contributed by atoms with van der Waals surface area (Å²) in [6.45, 7) is 6.52. The SMILES string of the molecule is CCCCCC(=O)[B]CC(C)CC. The van der Waals surface area contributed by atoms with Gasteiger partial charge in [-0.2, -0.15) is 0 Å². The molecular weight excluding hydrogens is 159 g/mol. The van der Waals surface area contributed by atoms with Crippen LogP contribution < -0.4 is 0 Å². The lowest BCUT2D eigenvalue weighted by molar-refractivity contribution is -0.112. The molecule has 1 atom stereocenters. The first-order valence-corrected chi connectivity index (χ1v) is 5.56. The normalized spacial score (nSPS) is 12.5. The molecule has 0 rings (SSSR count). The molecule has 2 heteroatoms. The highest BCUT2D eigenvalue weighted by molar-refractivity contribution is 6.73. The van der Waals surface area contributed by atoms with Crippen LogP contribution in [-0.4, -0.2) is 13.0 Å². The van der Waals surface area contributed by atoms with Crippen molar-refractivity contribution in [3.05, 3.63) is 0 Å². The molecule has 0 aromatic heterocycles. The fourth-order valence-corrected chi connectivity index (χ4v) is 1.15. The van der Waals surface area contributed by atoms with E-state index in [1.165, 1.54) is 19.3 Å². The van der Waals surface area contributed by atoms with Gasteiger partial charge < -0.3 is 4.79 Å². The van der Waals surface area contributed by atoms with Gasteiger partial charge in [0.1, 0.15) is 0 Å². The molecule has 0 saturated carbocycles. The maximum absolute atomic E-state index is 11.3. The second-order valence-corrected chi connectivity index (χ2v) is 3.88. The lowest BCUT2D eigenvalue weighted by Gasteiger charge is -2.05. The van der Waals surface area contributed by atoms with E-state index >= 15 is 0 Å². The molecule has 1 unspecified atom stereocenters. The topological polar surface area (TPSA) is 17.1 Å².